The minimum atomic E-state index is -0.260. The maximum atomic E-state index is 6.73. The fraction of sp³-hybridized carbons (Fsp3) is 0.455. The molecule has 0 N–H and O–H groups in total. The Morgan fingerprint density at radius 2 is 1.96 bits per heavy atom. The lowest BCUT2D eigenvalue weighted by Gasteiger charge is -2.39. The summed E-state index contributed by atoms with van der Waals surface area (Å²) >= 11 is 6.73. The van der Waals surface area contributed by atoms with Crippen LogP contribution in [-0.4, -0.2) is 18.6 Å². The van der Waals surface area contributed by atoms with E-state index >= 15 is 0 Å². The maximum Gasteiger partial charge on any atom is 0.119 e. The van der Waals surface area contributed by atoms with Gasteiger partial charge in [-0.25, -0.2) is 0 Å². The number of rotatable bonds is 4. The van der Waals surface area contributed by atoms with Gasteiger partial charge in [-0.2, -0.15) is 0 Å². The molecule has 2 aromatic carbocycles. The molecule has 0 amide bonds. The maximum absolute atomic E-state index is 6.73. The topological polar surface area (TPSA) is 18.5 Å². The average molecular weight is 357 g/mol. The van der Waals surface area contributed by atoms with Crippen molar-refractivity contribution in [1.29, 1.82) is 0 Å². The van der Waals surface area contributed by atoms with Gasteiger partial charge in [-0.1, -0.05) is 30.3 Å². The van der Waals surface area contributed by atoms with Gasteiger partial charge in [0.1, 0.15) is 11.4 Å². The highest BCUT2D eigenvalue weighted by Crippen LogP contribution is 2.48. The number of alkyl halides is 1. The number of aryl methyl sites for hydroxylation is 1. The fourth-order valence-corrected chi connectivity index (χ4v) is 4.67. The average Bonchev–Trinajstić information content (AvgIpc) is 2.99. The Morgan fingerprint density at radius 1 is 1.16 bits per heavy atom. The molecular formula is C22H25ClO2. The van der Waals surface area contributed by atoms with E-state index < -0.39 is 0 Å². The second kappa shape index (κ2) is 7.01. The predicted octanol–water partition coefficient (Wildman–Crippen LogP) is 5.24. The molecule has 1 aliphatic carbocycles. The molecule has 25 heavy (non-hydrogen) atoms. The molecule has 132 valence electrons. The molecule has 0 saturated carbocycles. The lowest BCUT2D eigenvalue weighted by molar-refractivity contribution is -0.0785. The van der Waals surface area contributed by atoms with E-state index in [0.717, 1.165) is 44.5 Å². The van der Waals surface area contributed by atoms with Crippen LogP contribution in [0.2, 0.25) is 0 Å². The first-order valence-electron chi connectivity index (χ1n) is 9.33. The highest BCUT2D eigenvalue weighted by Gasteiger charge is 2.47. The van der Waals surface area contributed by atoms with Crippen LogP contribution in [0.25, 0.3) is 0 Å². The van der Waals surface area contributed by atoms with E-state index in [1.807, 2.05) is 19.1 Å². The zero-order chi connectivity index (χ0) is 17.3. The predicted molar refractivity (Wildman–Crippen MR) is 102 cm³/mol. The van der Waals surface area contributed by atoms with Crippen LogP contribution >= 0.6 is 11.6 Å². The molecule has 2 aliphatic rings. The molecule has 2 aromatic rings. The SMILES string of the molecule is CCOc1ccc(Cc2ccc3c(c2)C2(CC3)OCCCC2Cl)cc1. The van der Waals surface area contributed by atoms with Gasteiger partial charge in [-0.05, 0) is 73.4 Å². The van der Waals surface area contributed by atoms with Gasteiger partial charge in [-0.15, -0.1) is 11.6 Å². The summed E-state index contributed by atoms with van der Waals surface area (Å²) in [6.45, 7) is 3.53. The molecular weight excluding hydrogens is 332 g/mol. The van der Waals surface area contributed by atoms with Gasteiger partial charge in [0.15, 0.2) is 0 Å². The molecule has 2 unspecified atom stereocenters. The van der Waals surface area contributed by atoms with Gasteiger partial charge < -0.3 is 9.47 Å². The van der Waals surface area contributed by atoms with Crippen molar-refractivity contribution in [1.82, 2.24) is 0 Å². The first-order valence-corrected chi connectivity index (χ1v) is 9.77. The summed E-state index contributed by atoms with van der Waals surface area (Å²) in [5.41, 5.74) is 5.09. The van der Waals surface area contributed by atoms with E-state index in [1.54, 1.807) is 0 Å². The Hall–Kier alpha value is -1.51. The first kappa shape index (κ1) is 16.9. The summed E-state index contributed by atoms with van der Waals surface area (Å²) in [6, 6.07) is 15.2. The van der Waals surface area contributed by atoms with Gasteiger partial charge in [0.2, 0.25) is 0 Å². The van der Waals surface area contributed by atoms with E-state index in [4.69, 9.17) is 21.1 Å². The van der Waals surface area contributed by atoms with Gasteiger partial charge in [0, 0.05) is 6.61 Å². The van der Waals surface area contributed by atoms with E-state index in [-0.39, 0.29) is 11.0 Å². The number of fused-ring (bicyclic) bond motifs is 2. The summed E-state index contributed by atoms with van der Waals surface area (Å²) < 4.78 is 11.8. The Kier molecular flexibility index (Phi) is 4.75. The highest BCUT2D eigenvalue weighted by molar-refractivity contribution is 6.21. The van der Waals surface area contributed by atoms with Crippen LogP contribution in [0.5, 0.6) is 5.75 Å². The molecule has 0 radical (unpaired) electrons. The summed E-state index contributed by atoms with van der Waals surface area (Å²) in [7, 11) is 0. The van der Waals surface area contributed by atoms with Crippen molar-refractivity contribution in [2.45, 2.75) is 50.0 Å². The highest BCUT2D eigenvalue weighted by atomic mass is 35.5. The number of benzene rings is 2. The van der Waals surface area contributed by atoms with Crippen molar-refractivity contribution >= 4 is 11.6 Å². The molecule has 2 nitrogen and oxygen atoms in total. The second-order valence-corrected chi connectivity index (χ2v) is 7.62. The van der Waals surface area contributed by atoms with Crippen LogP contribution in [0.15, 0.2) is 42.5 Å². The van der Waals surface area contributed by atoms with E-state index in [2.05, 4.69) is 30.3 Å². The standard InChI is InChI=1S/C22H25ClO2/c1-2-24-19-9-6-16(7-10-19)14-17-5-8-18-11-12-22(20(18)15-17)21(23)4-3-13-25-22/h5-10,15,21H,2-4,11-14H2,1H3. The second-order valence-electron chi connectivity index (χ2n) is 7.09. The monoisotopic (exact) mass is 356 g/mol. The van der Waals surface area contributed by atoms with Crippen LogP contribution < -0.4 is 4.74 Å². The Balaban J connectivity index is 1.58. The van der Waals surface area contributed by atoms with Crippen LogP contribution in [0.3, 0.4) is 0 Å². The third kappa shape index (κ3) is 3.18. The smallest absolute Gasteiger partial charge is 0.119 e. The van der Waals surface area contributed by atoms with Crippen molar-refractivity contribution in [3.8, 4) is 5.75 Å². The molecule has 4 rings (SSSR count). The van der Waals surface area contributed by atoms with E-state index in [9.17, 15) is 0 Å². The zero-order valence-electron chi connectivity index (χ0n) is 14.8. The van der Waals surface area contributed by atoms with Crippen molar-refractivity contribution in [3.05, 3.63) is 64.7 Å². The van der Waals surface area contributed by atoms with Crippen molar-refractivity contribution in [3.63, 3.8) is 0 Å². The molecule has 1 heterocycles. The quantitative estimate of drug-likeness (QED) is 0.698. The van der Waals surface area contributed by atoms with Crippen molar-refractivity contribution in [2.24, 2.45) is 0 Å². The van der Waals surface area contributed by atoms with Crippen LogP contribution in [-0.2, 0) is 23.2 Å². The zero-order valence-corrected chi connectivity index (χ0v) is 15.5. The van der Waals surface area contributed by atoms with E-state index in [1.165, 1.54) is 22.3 Å². The first-order chi connectivity index (χ1) is 12.2. The van der Waals surface area contributed by atoms with Gasteiger partial charge in [0.05, 0.1) is 12.0 Å². The number of ether oxygens (including phenoxy) is 2. The lowest BCUT2D eigenvalue weighted by Crippen LogP contribution is -2.41. The molecule has 1 fully saturated rings. The van der Waals surface area contributed by atoms with Crippen LogP contribution in [0.4, 0.5) is 0 Å². The Morgan fingerprint density at radius 3 is 2.72 bits per heavy atom. The van der Waals surface area contributed by atoms with Crippen molar-refractivity contribution in [2.75, 3.05) is 13.2 Å². The molecule has 1 saturated heterocycles. The number of halogens is 1. The summed E-state index contributed by atoms with van der Waals surface area (Å²) in [6.07, 6.45) is 5.12. The summed E-state index contributed by atoms with van der Waals surface area (Å²) in [5.74, 6) is 0.930. The van der Waals surface area contributed by atoms with E-state index in [0.29, 0.717) is 6.61 Å². The van der Waals surface area contributed by atoms with Gasteiger partial charge >= 0.3 is 0 Å². The largest absolute Gasteiger partial charge is 0.494 e. The van der Waals surface area contributed by atoms with Crippen LogP contribution in [0.1, 0.15) is 48.4 Å². The molecule has 0 aromatic heterocycles. The van der Waals surface area contributed by atoms with Crippen LogP contribution in [0, 0.1) is 0 Å². The third-order valence-electron chi connectivity index (χ3n) is 5.51. The van der Waals surface area contributed by atoms with Gasteiger partial charge in [0.25, 0.3) is 0 Å². The minimum Gasteiger partial charge on any atom is -0.494 e. The van der Waals surface area contributed by atoms with Crippen molar-refractivity contribution < 1.29 is 9.47 Å². The Bertz CT molecular complexity index is 736. The molecule has 2 atom stereocenters. The normalized spacial score (nSPS) is 25.1. The minimum absolute atomic E-state index is 0.0863. The lowest BCUT2D eigenvalue weighted by atomic mass is 9.86. The summed E-state index contributed by atoms with van der Waals surface area (Å²) in [4.78, 5) is 0. The molecule has 3 heteroatoms. The van der Waals surface area contributed by atoms with Gasteiger partial charge in [-0.3, -0.25) is 0 Å². The number of hydrogen-bond acceptors (Lipinski definition) is 2. The molecule has 1 spiro atoms. The number of hydrogen-bond donors (Lipinski definition) is 0. The molecule has 0 bridgehead atoms. The third-order valence-corrected chi connectivity index (χ3v) is 6.08. The Labute approximate surface area is 155 Å². The summed E-state index contributed by atoms with van der Waals surface area (Å²) in [5, 5.41) is 0.0863. The molecule has 1 aliphatic heterocycles. The fourth-order valence-electron chi connectivity index (χ4n) is 4.22.